The number of fused-ring (bicyclic) bond motifs is 1. The van der Waals surface area contributed by atoms with E-state index in [0.717, 1.165) is 11.1 Å². The highest BCUT2D eigenvalue weighted by atomic mass is 32.2. The molecule has 0 aliphatic carbocycles. The van der Waals surface area contributed by atoms with Crippen LogP contribution in [0, 0.1) is 13.8 Å². The van der Waals surface area contributed by atoms with E-state index in [-0.39, 0.29) is 11.2 Å². The minimum Gasteiger partial charge on any atom is -0.328 e. The Morgan fingerprint density at radius 3 is 2.39 bits per heavy atom. The molecule has 0 saturated carbocycles. The zero-order valence-electron chi connectivity index (χ0n) is 19.5. The van der Waals surface area contributed by atoms with Gasteiger partial charge in [-0.05, 0) is 44.0 Å². The number of aryl methyl sites for hydroxylation is 4. The maximum atomic E-state index is 13.1. The van der Waals surface area contributed by atoms with E-state index in [9.17, 15) is 18.0 Å². The van der Waals surface area contributed by atoms with Crippen molar-refractivity contribution in [2.24, 2.45) is 14.1 Å². The number of benzene rings is 1. The first-order valence-corrected chi connectivity index (χ1v) is 12.5. The molecule has 0 amide bonds. The molecule has 0 atom stereocenters. The summed E-state index contributed by atoms with van der Waals surface area (Å²) in [6.45, 7) is 6.73. The molecule has 1 aliphatic heterocycles. The maximum absolute atomic E-state index is 13.1. The Hall–Kier alpha value is -2.76. The summed E-state index contributed by atoms with van der Waals surface area (Å²) in [4.78, 5) is 32.1. The molecule has 1 aliphatic rings. The highest BCUT2D eigenvalue weighted by Gasteiger charge is 2.29. The number of aromatic nitrogens is 4. The van der Waals surface area contributed by atoms with E-state index in [2.05, 4.69) is 9.88 Å². The van der Waals surface area contributed by atoms with Crippen LogP contribution >= 0.6 is 0 Å². The number of rotatable bonds is 6. The Kier molecular flexibility index (Phi) is 6.30. The fourth-order valence-electron chi connectivity index (χ4n) is 4.36. The van der Waals surface area contributed by atoms with Gasteiger partial charge in [-0.15, -0.1) is 0 Å². The first-order valence-electron chi connectivity index (χ1n) is 11.0. The van der Waals surface area contributed by atoms with E-state index >= 15 is 0 Å². The smallest absolute Gasteiger partial charge is 0.328 e. The van der Waals surface area contributed by atoms with Crippen LogP contribution in [0.15, 0.2) is 39.0 Å². The summed E-state index contributed by atoms with van der Waals surface area (Å²) in [6.07, 6.45) is 2.14. The third kappa shape index (κ3) is 4.28. The lowest BCUT2D eigenvalue weighted by atomic mass is 10.2. The topological polar surface area (TPSA) is 102 Å². The summed E-state index contributed by atoms with van der Waals surface area (Å²) in [5, 5.41) is 0. The zero-order valence-corrected chi connectivity index (χ0v) is 20.3. The van der Waals surface area contributed by atoms with Gasteiger partial charge in [0.05, 0.1) is 11.2 Å². The van der Waals surface area contributed by atoms with Crippen molar-refractivity contribution in [3.05, 3.63) is 56.5 Å². The normalized spacial score (nSPS) is 16.0. The molecule has 1 fully saturated rings. The Balaban J connectivity index is 1.39. The standard InChI is InChI=1S/C22H30N6O4S/c1-16-6-7-17(2)18(14-16)33(31,32)27-12-10-26(11-13-27)8-5-9-28-21(29)19-20(23-15-24(19)3)25(4)22(28)30/h6-7,14-15H,5,8-13H2,1-4H3. The molecular weight excluding hydrogens is 444 g/mol. The lowest BCUT2D eigenvalue weighted by Gasteiger charge is -2.34. The van der Waals surface area contributed by atoms with Gasteiger partial charge in [0.25, 0.3) is 5.56 Å². The first kappa shape index (κ1) is 23.4. The molecule has 1 aromatic carbocycles. The highest BCUT2D eigenvalue weighted by molar-refractivity contribution is 7.89. The third-order valence-electron chi connectivity index (χ3n) is 6.35. The third-order valence-corrected chi connectivity index (χ3v) is 8.39. The fraction of sp³-hybridized carbons (Fsp3) is 0.500. The molecule has 0 spiro atoms. The number of hydrogen-bond donors (Lipinski definition) is 0. The zero-order chi connectivity index (χ0) is 23.9. The monoisotopic (exact) mass is 474 g/mol. The van der Waals surface area contributed by atoms with Gasteiger partial charge in [0.2, 0.25) is 10.0 Å². The average molecular weight is 475 g/mol. The van der Waals surface area contributed by atoms with Gasteiger partial charge in [-0.3, -0.25) is 13.9 Å². The summed E-state index contributed by atoms with van der Waals surface area (Å²) in [6, 6.07) is 5.49. The van der Waals surface area contributed by atoms with Crippen LogP contribution in [0.1, 0.15) is 17.5 Å². The van der Waals surface area contributed by atoms with E-state index in [1.165, 1.54) is 15.5 Å². The van der Waals surface area contributed by atoms with Gasteiger partial charge in [-0.2, -0.15) is 4.31 Å². The molecule has 0 unspecified atom stereocenters. The van der Waals surface area contributed by atoms with Gasteiger partial charge >= 0.3 is 5.69 Å². The summed E-state index contributed by atoms with van der Waals surface area (Å²) in [5.74, 6) is 0. The van der Waals surface area contributed by atoms with Crippen molar-refractivity contribution in [3.63, 3.8) is 0 Å². The molecule has 10 nitrogen and oxygen atoms in total. The van der Waals surface area contributed by atoms with Crippen molar-refractivity contribution < 1.29 is 8.42 Å². The largest absolute Gasteiger partial charge is 0.332 e. The number of imidazole rings is 1. The van der Waals surface area contributed by atoms with E-state index in [1.807, 2.05) is 26.0 Å². The molecule has 0 radical (unpaired) electrons. The summed E-state index contributed by atoms with van der Waals surface area (Å²) >= 11 is 0. The molecule has 178 valence electrons. The predicted molar refractivity (Wildman–Crippen MR) is 126 cm³/mol. The van der Waals surface area contributed by atoms with Crippen LogP contribution in [0.3, 0.4) is 0 Å². The molecule has 4 rings (SSSR count). The Bertz CT molecular complexity index is 1410. The number of nitrogens with zero attached hydrogens (tertiary/aromatic N) is 6. The Morgan fingerprint density at radius 2 is 1.70 bits per heavy atom. The predicted octanol–water partition coefficient (Wildman–Crippen LogP) is 0.447. The molecular formula is C22H30N6O4S. The van der Waals surface area contributed by atoms with Crippen LogP contribution in [0.25, 0.3) is 11.2 Å². The lowest BCUT2D eigenvalue weighted by molar-refractivity contribution is 0.184. The Morgan fingerprint density at radius 1 is 1.00 bits per heavy atom. The summed E-state index contributed by atoms with van der Waals surface area (Å²) in [7, 11) is -0.181. The molecule has 3 aromatic rings. The number of piperazine rings is 1. The summed E-state index contributed by atoms with van der Waals surface area (Å²) in [5.41, 5.74) is 1.74. The van der Waals surface area contributed by atoms with Crippen molar-refractivity contribution in [3.8, 4) is 0 Å². The molecule has 33 heavy (non-hydrogen) atoms. The van der Waals surface area contributed by atoms with Crippen LogP contribution in [0.4, 0.5) is 0 Å². The second kappa shape index (κ2) is 8.88. The van der Waals surface area contributed by atoms with Gasteiger partial charge in [0, 0.05) is 46.8 Å². The van der Waals surface area contributed by atoms with E-state index in [4.69, 9.17) is 0 Å². The van der Waals surface area contributed by atoms with Crippen LogP contribution in [-0.2, 0) is 30.7 Å². The van der Waals surface area contributed by atoms with E-state index < -0.39 is 10.0 Å². The van der Waals surface area contributed by atoms with Crippen molar-refractivity contribution in [1.82, 2.24) is 27.9 Å². The van der Waals surface area contributed by atoms with E-state index in [0.29, 0.717) is 61.7 Å². The molecule has 11 heteroatoms. The minimum atomic E-state index is -3.53. The second-order valence-corrected chi connectivity index (χ2v) is 10.6. The van der Waals surface area contributed by atoms with Gasteiger partial charge in [-0.1, -0.05) is 12.1 Å². The van der Waals surface area contributed by atoms with Crippen molar-refractivity contribution in [2.75, 3.05) is 32.7 Å². The second-order valence-electron chi connectivity index (χ2n) is 8.69. The van der Waals surface area contributed by atoms with Crippen molar-refractivity contribution >= 4 is 21.2 Å². The van der Waals surface area contributed by atoms with Gasteiger partial charge in [0.15, 0.2) is 11.2 Å². The molecule has 2 aromatic heterocycles. The molecule has 1 saturated heterocycles. The molecule has 0 N–H and O–H groups in total. The van der Waals surface area contributed by atoms with Crippen LogP contribution in [-0.4, -0.2) is 69.0 Å². The van der Waals surface area contributed by atoms with E-state index in [1.54, 1.807) is 29.0 Å². The maximum Gasteiger partial charge on any atom is 0.332 e. The summed E-state index contributed by atoms with van der Waals surface area (Å²) < 4.78 is 32.0. The molecule has 3 heterocycles. The van der Waals surface area contributed by atoms with Crippen LogP contribution in [0.5, 0.6) is 0 Å². The highest BCUT2D eigenvalue weighted by Crippen LogP contribution is 2.22. The van der Waals surface area contributed by atoms with Crippen LogP contribution < -0.4 is 11.2 Å². The quantitative estimate of drug-likeness (QED) is 0.514. The minimum absolute atomic E-state index is 0.299. The van der Waals surface area contributed by atoms with Gasteiger partial charge in [0.1, 0.15) is 0 Å². The average Bonchev–Trinajstić information content (AvgIpc) is 3.18. The fourth-order valence-corrected chi connectivity index (χ4v) is 6.10. The van der Waals surface area contributed by atoms with Gasteiger partial charge < -0.3 is 9.47 Å². The van der Waals surface area contributed by atoms with Crippen LogP contribution in [0.2, 0.25) is 0 Å². The lowest BCUT2D eigenvalue weighted by Crippen LogP contribution is -2.49. The SMILES string of the molecule is Cc1ccc(C)c(S(=O)(=O)N2CCN(CCCn3c(=O)c4c(ncn4C)n(C)c3=O)CC2)c1. The van der Waals surface area contributed by atoms with Gasteiger partial charge in [-0.25, -0.2) is 18.2 Å². The molecule has 0 bridgehead atoms. The number of hydrogen-bond acceptors (Lipinski definition) is 6. The Labute approximate surface area is 192 Å². The van der Waals surface area contributed by atoms with Crippen molar-refractivity contribution in [2.45, 2.75) is 31.7 Å². The van der Waals surface area contributed by atoms with Crippen molar-refractivity contribution in [1.29, 1.82) is 0 Å². The number of sulfonamides is 1. The first-order chi connectivity index (χ1) is 15.6.